The molecule has 0 heterocycles. The molecule has 0 fully saturated rings. The first-order valence-electron chi connectivity index (χ1n) is 2.22. The first-order chi connectivity index (χ1) is 3.91. The molecule has 60 valence electrons. The van der Waals surface area contributed by atoms with Gasteiger partial charge in [0.1, 0.15) is 0 Å². The van der Waals surface area contributed by atoms with Gasteiger partial charge in [-0.25, -0.2) is 0 Å². The van der Waals surface area contributed by atoms with Crippen LogP contribution in [0.25, 0.3) is 0 Å². The molecule has 4 nitrogen and oxygen atoms in total. The van der Waals surface area contributed by atoms with Gasteiger partial charge in [-0.05, 0) is 12.2 Å². The van der Waals surface area contributed by atoms with Crippen LogP contribution < -0.4 is 0 Å². The summed E-state index contributed by atoms with van der Waals surface area (Å²) >= 11 is 3.92. The molecule has 0 aliphatic rings. The van der Waals surface area contributed by atoms with E-state index in [2.05, 4.69) is 19.6 Å². The molecule has 0 aromatic carbocycles. The van der Waals surface area contributed by atoms with Crippen LogP contribution in [0.3, 0.4) is 0 Å². The van der Waals surface area contributed by atoms with E-state index in [1.54, 1.807) is 0 Å². The molecule has 0 rings (SSSR count). The van der Waals surface area contributed by atoms with E-state index in [9.17, 15) is 0 Å². The van der Waals surface area contributed by atoms with Gasteiger partial charge in [-0.15, -0.1) is 0 Å². The average Bonchev–Trinajstić information content (AvgIpc) is 1.61. The Labute approximate surface area is 88.7 Å². The van der Waals surface area contributed by atoms with E-state index in [1.165, 1.54) is 6.42 Å². The minimum atomic E-state index is -4.67. The first kappa shape index (κ1) is 17.3. The fraction of sp³-hybridized carbons (Fsp3) is 1.00. The number of hydrogen-bond donors (Lipinski definition) is 3. The van der Waals surface area contributed by atoms with Crippen molar-refractivity contribution in [1.82, 2.24) is 0 Å². The van der Waals surface area contributed by atoms with Gasteiger partial charge < -0.3 is 0 Å². The Balaban J connectivity index is -0.0000000910. The van der Waals surface area contributed by atoms with Gasteiger partial charge in [0.25, 0.3) is 0 Å². The summed E-state index contributed by atoms with van der Waals surface area (Å²) in [4.78, 5) is 0. The molecule has 0 atom stereocenters. The molecule has 0 bridgehead atoms. The molecule has 0 spiro atoms. The van der Waals surface area contributed by atoms with Gasteiger partial charge in [0.2, 0.25) is 0 Å². The van der Waals surface area contributed by atoms with E-state index in [4.69, 9.17) is 17.5 Å². The molecule has 0 aromatic heterocycles. The summed E-state index contributed by atoms with van der Waals surface area (Å²) < 4.78 is 31.6. The van der Waals surface area contributed by atoms with Crippen LogP contribution in [-0.2, 0) is 10.4 Å². The summed E-state index contributed by atoms with van der Waals surface area (Å²) in [6.45, 7) is 2.10. The van der Waals surface area contributed by atoms with Gasteiger partial charge in [0, 0.05) is 0 Å². The third kappa shape index (κ3) is 126. The van der Waals surface area contributed by atoms with Crippen LogP contribution in [0.1, 0.15) is 13.3 Å². The monoisotopic (exact) mass is 198 g/mol. The van der Waals surface area contributed by atoms with E-state index in [1.807, 2.05) is 0 Å². The van der Waals surface area contributed by atoms with E-state index in [0.717, 1.165) is 5.75 Å². The zero-order valence-corrected chi connectivity index (χ0v) is 6.69. The molecule has 0 amide bonds. The van der Waals surface area contributed by atoms with Gasteiger partial charge in [-0.3, -0.25) is 9.11 Å². The van der Waals surface area contributed by atoms with Gasteiger partial charge in [0.15, 0.2) is 0 Å². The fourth-order valence-electron chi connectivity index (χ4n) is 0. The molecule has 0 unspecified atom stereocenters. The summed E-state index contributed by atoms with van der Waals surface area (Å²) in [5, 5.41) is 0. The SMILES string of the molecule is CCCS.O=S(=O)(O)O.[NaH]. The molecular weight excluding hydrogens is 187 g/mol. The van der Waals surface area contributed by atoms with Gasteiger partial charge in [-0.1, -0.05) is 6.92 Å². The van der Waals surface area contributed by atoms with Crippen LogP contribution in [-0.4, -0.2) is 52.8 Å². The molecule has 0 radical (unpaired) electrons. The third-order valence-corrected chi connectivity index (χ3v) is 0.671. The molecule has 2 N–H and O–H groups in total. The Morgan fingerprint density at radius 1 is 1.40 bits per heavy atom. The molecule has 0 aliphatic carbocycles. The fourth-order valence-corrected chi connectivity index (χ4v) is 0. The maximum absolute atomic E-state index is 8.74. The van der Waals surface area contributed by atoms with Gasteiger partial charge in [-0.2, -0.15) is 21.0 Å². The average molecular weight is 198 g/mol. The van der Waals surface area contributed by atoms with Crippen molar-refractivity contribution in [1.29, 1.82) is 0 Å². The Hall–Kier alpha value is 1.22. The normalized spacial score (nSPS) is 8.80. The second kappa shape index (κ2) is 10.2. The van der Waals surface area contributed by atoms with Crippen molar-refractivity contribution in [2.75, 3.05) is 5.75 Å². The van der Waals surface area contributed by atoms with Crippen LogP contribution >= 0.6 is 12.6 Å². The quantitative estimate of drug-likeness (QED) is 0.315. The molecular formula is C3H11NaO4S2. The van der Waals surface area contributed by atoms with Crippen molar-refractivity contribution in [3.05, 3.63) is 0 Å². The van der Waals surface area contributed by atoms with Crippen molar-refractivity contribution < 1.29 is 17.5 Å². The molecule has 7 heteroatoms. The second-order valence-corrected chi connectivity index (χ2v) is 2.51. The van der Waals surface area contributed by atoms with E-state index in [0.29, 0.717) is 0 Å². The van der Waals surface area contributed by atoms with E-state index >= 15 is 0 Å². The number of hydrogen-bond acceptors (Lipinski definition) is 3. The Bertz CT molecular complexity index is 121. The van der Waals surface area contributed by atoms with Crippen molar-refractivity contribution in [3.63, 3.8) is 0 Å². The van der Waals surface area contributed by atoms with Gasteiger partial charge in [0.05, 0.1) is 0 Å². The molecule has 0 aliphatic heterocycles. The van der Waals surface area contributed by atoms with Crippen LogP contribution in [0.5, 0.6) is 0 Å². The Kier molecular flexibility index (Phi) is 17.7. The zero-order chi connectivity index (χ0) is 7.91. The molecule has 0 saturated heterocycles. The zero-order valence-electron chi connectivity index (χ0n) is 4.98. The third-order valence-electron chi connectivity index (χ3n) is 0.224. The van der Waals surface area contributed by atoms with Crippen LogP contribution in [0.2, 0.25) is 0 Å². The van der Waals surface area contributed by atoms with E-state index in [-0.39, 0.29) is 29.6 Å². The summed E-state index contributed by atoms with van der Waals surface area (Å²) in [5.41, 5.74) is 0. The van der Waals surface area contributed by atoms with Crippen molar-refractivity contribution in [2.45, 2.75) is 13.3 Å². The summed E-state index contributed by atoms with van der Waals surface area (Å²) in [5.74, 6) is 1.01. The Morgan fingerprint density at radius 3 is 1.50 bits per heavy atom. The minimum absolute atomic E-state index is 0. The first-order valence-corrected chi connectivity index (χ1v) is 4.25. The maximum atomic E-state index is 8.74. The topological polar surface area (TPSA) is 74.6 Å². The predicted molar refractivity (Wildman–Crippen MR) is 45.5 cm³/mol. The second-order valence-electron chi connectivity index (χ2n) is 1.17. The molecule has 0 aromatic rings. The molecule has 10 heavy (non-hydrogen) atoms. The van der Waals surface area contributed by atoms with Crippen LogP contribution in [0, 0.1) is 0 Å². The van der Waals surface area contributed by atoms with Crippen molar-refractivity contribution in [2.24, 2.45) is 0 Å². The van der Waals surface area contributed by atoms with Crippen molar-refractivity contribution >= 4 is 52.6 Å². The predicted octanol–water partition coefficient (Wildman–Crippen LogP) is 0.0249. The Morgan fingerprint density at radius 2 is 1.50 bits per heavy atom. The van der Waals surface area contributed by atoms with E-state index < -0.39 is 10.4 Å². The van der Waals surface area contributed by atoms with Crippen molar-refractivity contribution in [3.8, 4) is 0 Å². The van der Waals surface area contributed by atoms with Crippen LogP contribution in [0.4, 0.5) is 0 Å². The van der Waals surface area contributed by atoms with Gasteiger partial charge >= 0.3 is 40.0 Å². The molecule has 0 saturated carbocycles. The summed E-state index contributed by atoms with van der Waals surface area (Å²) in [6, 6.07) is 0. The standard InChI is InChI=1S/C3H8S.Na.H2O4S.H/c1-2-3-4;;1-5(2,3)4;/h4H,2-3H2,1H3;;(H2,1,2,3,4);. The summed E-state index contributed by atoms with van der Waals surface area (Å²) in [7, 11) is -4.67. The van der Waals surface area contributed by atoms with Crippen LogP contribution in [0.15, 0.2) is 0 Å². The number of thiol groups is 1. The number of rotatable bonds is 1. The summed E-state index contributed by atoms with van der Waals surface area (Å²) in [6.07, 6.45) is 1.18.